The molecule has 1 aliphatic rings. The van der Waals surface area contributed by atoms with Crippen molar-refractivity contribution < 1.29 is 14.0 Å². The van der Waals surface area contributed by atoms with Crippen LogP contribution in [0.1, 0.15) is 29.0 Å². The van der Waals surface area contributed by atoms with Gasteiger partial charge in [-0.25, -0.2) is 9.90 Å². The summed E-state index contributed by atoms with van der Waals surface area (Å²) in [4.78, 5) is 6.87. The number of nitrogens with zero attached hydrogens (tertiary/aromatic N) is 1. The van der Waals surface area contributed by atoms with Crippen LogP contribution in [0.25, 0.3) is 22.6 Å². The van der Waals surface area contributed by atoms with Crippen LogP contribution in [0.5, 0.6) is 5.75 Å². The topological polar surface area (TPSA) is 34.8 Å². The van der Waals surface area contributed by atoms with E-state index < -0.39 is 6.29 Å². The second-order valence-corrected chi connectivity index (χ2v) is 10.7. The second kappa shape index (κ2) is 11.1. The van der Waals surface area contributed by atoms with Crippen molar-refractivity contribution in [3.05, 3.63) is 167 Å². The number of hydrogen-bond acceptors (Lipinski definition) is 4. The Morgan fingerprint density at radius 2 is 1.05 bits per heavy atom. The predicted octanol–water partition coefficient (Wildman–Crippen LogP) is 9.99. The maximum absolute atomic E-state index is 6.89. The standard InChI is InChI=1S/C36H26BrNO3/c37-29-21-23-30(24-22-29)38-32(25-13-5-1-6-14-25)31-33(26-15-7-2-8-16-26)39-34(27-17-9-3-10-18-27)35(31)40-36(41-38)28-19-11-4-12-20-28/h1-24,32,36H/t32-,36+/m1/s1. The number of ether oxygens (including phenoxy) is 1. The molecule has 0 unspecified atom stereocenters. The highest BCUT2D eigenvalue weighted by Gasteiger charge is 2.40. The predicted molar refractivity (Wildman–Crippen MR) is 165 cm³/mol. The number of fused-ring (bicyclic) bond motifs is 1. The van der Waals surface area contributed by atoms with Crippen molar-refractivity contribution in [3.63, 3.8) is 0 Å². The fourth-order valence-corrected chi connectivity index (χ4v) is 5.53. The van der Waals surface area contributed by atoms with Gasteiger partial charge in [-0.3, -0.25) is 0 Å². The lowest BCUT2D eigenvalue weighted by Crippen LogP contribution is -2.30. The van der Waals surface area contributed by atoms with Crippen LogP contribution in [-0.4, -0.2) is 0 Å². The zero-order valence-electron chi connectivity index (χ0n) is 22.1. The average Bonchev–Trinajstić information content (AvgIpc) is 3.31. The van der Waals surface area contributed by atoms with Crippen molar-refractivity contribution in [2.24, 2.45) is 0 Å². The minimum Gasteiger partial charge on any atom is -0.454 e. The molecule has 0 saturated heterocycles. The van der Waals surface area contributed by atoms with Crippen LogP contribution in [-0.2, 0) is 4.84 Å². The molecule has 1 aliphatic heterocycles. The molecule has 5 aromatic carbocycles. The second-order valence-electron chi connectivity index (χ2n) is 9.82. The third-order valence-corrected chi connectivity index (χ3v) is 7.71. The molecular formula is C36H26BrNO3. The lowest BCUT2D eigenvalue weighted by atomic mass is 9.94. The molecule has 0 radical (unpaired) electrons. The van der Waals surface area contributed by atoms with Gasteiger partial charge in [0.2, 0.25) is 6.29 Å². The van der Waals surface area contributed by atoms with Crippen LogP contribution in [0.2, 0.25) is 0 Å². The molecule has 0 fully saturated rings. The number of hydrogen-bond donors (Lipinski definition) is 0. The third-order valence-electron chi connectivity index (χ3n) is 7.18. The highest BCUT2D eigenvalue weighted by atomic mass is 79.9. The maximum Gasteiger partial charge on any atom is 0.250 e. The highest BCUT2D eigenvalue weighted by molar-refractivity contribution is 9.10. The van der Waals surface area contributed by atoms with Crippen molar-refractivity contribution in [2.45, 2.75) is 12.3 Å². The van der Waals surface area contributed by atoms with E-state index in [1.165, 1.54) is 0 Å². The van der Waals surface area contributed by atoms with Crippen LogP contribution >= 0.6 is 15.9 Å². The fourth-order valence-electron chi connectivity index (χ4n) is 5.26. The molecule has 5 heteroatoms. The summed E-state index contributed by atoms with van der Waals surface area (Å²) in [6.45, 7) is 0. The molecule has 6 aromatic rings. The van der Waals surface area contributed by atoms with Gasteiger partial charge in [-0.1, -0.05) is 137 Å². The molecule has 0 amide bonds. The molecule has 0 saturated carbocycles. The summed E-state index contributed by atoms with van der Waals surface area (Å²) in [7, 11) is 0. The molecule has 2 heterocycles. The number of hydroxylamine groups is 1. The summed E-state index contributed by atoms with van der Waals surface area (Å²) < 4.78 is 14.7. The molecule has 200 valence electrons. The van der Waals surface area contributed by atoms with Crippen molar-refractivity contribution >= 4 is 21.6 Å². The lowest BCUT2D eigenvalue weighted by molar-refractivity contribution is -0.0935. The van der Waals surface area contributed by atoms with E-state index in [0.29, 0.717) is 11.5 Å². The van der Waals surface area contributed by atoms with Gasteiger partial charge in [0.15, 0.2) is 11.5 Å². The Kier molecular flexibility index (Phi) is 6.89. The Morgan fingerprint density at radius 3 is 1.63 bits per heavy atom. The minimum absolute atomic E-state index is 0.377. The summed E-state index contributed by atoms with van der Waals surface area (Å²) in [5, 5.41) is 1.96. The Morgan fingerprint density at radius 1 is 0.537 bits per heavy atom. The van der Waals surface area contributed by atoms with Crippen LogP contribution in [0.15, 0.2) is 154 Å². The summed E-state index contributed by atoms with van der Waals surface area (Å²) in [6.07, 6.45) is -0.726. The molecule has 0 aliphatic carbocycles. The monoisotopic (exact) mass is 599 g/mol. The Balaban J connectivity index is 1.55. The first-order chi connectivity index (χ1) is 20.3. The maximum atomic E-state index is 6.89. The third kappa shape index (κ3) is 4.95. The molecule has 0 spiro atoms. The number of anilines is 1. The Labute approximate surface area is 247 Å². The van der Waals surface area contributed by atoms with Crippen molar-refractivity contribution in [1.29, 1.82) is 0 Å². The summed E-state index contributed by atoms with van der Waals surface area (Å²) in [5.41, 5.74) is 5.64. The van der Waals surface area contributed by atoms with Gasteiger partial charge in [-0.05, 0) is 29.8 Å². The normalized spacial score (nSPS) is 16.5. The van der Waals surface area contributed by atoms with E-state index in [4.69, 9.17) is 14.0 Å². The van der Waals surface area contributed by atoms with E-state index in [-0.39, 0.29) is 6.04 Å². The van der Waals surface area contributed by atoms with Crippen LogP contribution in [0, 0.1) is 0 Å². The number of halogens is 1. The Bertz CT molecular complexity index is 1740. The molecular weight excluding hydrogens is 574 g/mol. The lowest BCUT2D eigenvalue weighted by Gasteiger charge is -2.32. The van der Waals surface area contributed by atoms with Crippen LogP contribution < -0.4 is 9.80 Å². The van der Waals surface area contributed by atoms with Crippen molar-refractivity contribution in [1.82, 2.24) is 0 Å². The summed E-state index contributed by atoms with van der Waals surface area (Å²) >= 11 is 3.59. The molecule has 0 bridgehead atoms. The molecule has 41 heavy (non-hydrogen) atoms. The van der Waals surface area contributed by atoms with Gasteiger partial charge in [0.1, 0.15) is 11.8 Å². The number of rotatable bonds is 5. The van der Waals surface area contributed by atoms with Crippen molar-refractivity contribution in [3.8, 4) is 28.4 Å². The van der Waals surface area contributed by atoms with Gasteiger partial charge in [0.05, 0.1) is 11.3 Å². The average molecular weight is 601 g/mol. The van der Waals surface area contributed by atoms with E-state index >= 15 is 0 Å². The number of benzene rings is 5. The first-order valence-electron chi connectivity index (χ1n) is 13.5. The summed E-state index contributed by atoms with van der Waals surface area (Å²) in [5.74, 6) is 2.08. The van der Waals surface area contributed by atoms with Gasteiger partial charge in [-0.2, -0.15) is 0 Å². The first kappa shape index (κ1) is 25.4. The number of furan rings is 1. The quantitative estimate of drug-likeness (QED) is 0.197. The van der Waals surface area contributed by atoms with Crippen LogP contribution in [0.4, 0.5) is 5.69 Å². The van der Waals surface area contributed by atoms with E-state index in [1.807, 2.05) is 114 Å². The van der Waals surface area contributed by atoms with Crippen LogP contribution in [0.3, 0.4) is 0 Å². The van der Waals surface area contributed by atoms with Gasteiger partial charge in [0, 0.05) is 21.2 Å². The van der Waals surface area contributed by atoms with E-state index in [1.54, 1.807) is 0 Å². The van der Waals surface area contributed by atoms with Gasteiger partial charge >= 0.3 is 0 Å². The SMILES string of the molecule is Brc1ccc(N2O[C@@H](c3ccccc3)Oc3c(-c4ccccc4)oc(-c4ccccc4)c3[C@H]2c2ccccc2)cc1. The minimum atomic E-state index is -0.726. The van der Waals surface area contributed by atoms with Gasteiger partial charge in [-0.15, -0.1) is 0 Å². The molecule has 2 atom stereocenters. The largest absolute Gasteiger partial charge is 0.454 e. The highest BCUT2D eigenvalue weighted by Crippen LogP contribution is 2.53. The van der Waals surface area contributed by atoms with Gasteiger partial charge in [0.25, 0.3) is 0 Å². The molecule has 1 aromatic heterocycles. The molecule has 0 N–H and O–H groups in total. The Hall–Kier alpha value is -4.58. The van der Waals surface area contributed by atoms with E-state index in [9.17, 15) is 0 Å². The van der Waals surface area contributed by atoms with E-state index in [2.05, 4.69) is 52.3 Å². The van der Waals surface area contributed by atoms with E-state index in [0.717, 1.165) is 43.7 Å². The summed E-state index contributed by atoms with van der Waals surface area (Å²) in [6, 6.07) is 48.5. The first-order valence-corrected chi connectivity index (χ1v) is 14.3. The smallest absolute Gasteiger partial charge is 0.250 e. The zero-order valence-corrected chi connectivity index (χ0v) is 23.6. The fraction of sp³-hybridized carbons (Fsp3) is 0.0556. The zero-order chi connectivity index (χ0) is 27.6. The molecule has 7 rings (SSSR count). The van der Waals surface area contributed by atoms with Gasteiger partial charge < -0.3 is 9.15 Å². The van der Waals surface area contributed by atoms with Crippen molar-refractivity contribution in [2.75, 3.05) is 5.06 Å². The molecule has 4 nitrogen and oxygen atoms in total.